The second-order valence-electron chi connectivity index (χ2n) is 1.67. The fraction of sp³-hybridized carbons (Fsp3) is 1.00. The molecule has 4 nitrogen and oxygen atoms in total. The third kappa shape index (κ3) is 3.34. The molecule has 0 aromatic rings. The molecule has 0 saturated carbocycles. The van der Waals surface area contributed by atoms with Gasteiger partial charge >= 0.3 is 18.1 Å². The van der Waals surface area contributed by atoms with Crippen LogP contribution in [0.1, 0.15) is 0 Å². The van der Waals surface area contributed by atoms with Gasteiger partial charge in [-0.25, -0.2) is 0 Å². The predicted molar refractivity (Wildman–Crippen MR) is 26.5 cm³/mol. The van der Waals surface area contributed by atoms with Gasteiger partial charge in [0.2, 0.25) is 0 Å². The topological polar surface area (TPSA) is 103 Å². The minimum absolute atomic E-state index is 0. The Morgan fingerprint density at radius 3 is 0.769 bits per heavy atom. The molecule has 84 valence electrons. The molecule has 0 saturated heterocycles. The molecule has 0 aromatic heterocycles. The molecule has 0 spiro atoms. The van der Waals surface area contributed by atoms with Crippen molar-refractivity contribution in [1.29, 1.82) is 0 Å². The Kier molecular flexibility index (Phi) is 5.74. The Morgan fingerprint density at radius 1 is 0.615 bits per heavy atom. The van der Waals surface area contributed by atoms with E-state index in [9.17, 15) is 26.3 Å². The Bertz CT molecular complexity index is 131. The van der Waals surface area contributed by atoms with E-state index in [-0.39, 0.29) is 11.0 Å². The summed E-state index contributed by atoms with van der Waals surface area (Å²) in [5.74, 6) is -5.62. The van der Waals surface area contributed by atoms with E-state index in [1.807, 2.05) is 0 Å². The smallest absolute Gasteiger partial charge is 0.412 e. The fourth-order valence-corrected chi connectivity index (χ4v) is 0.161. The maximum absolute atomic E-state index is 11.1. The predicted octanol–water partition coefficient (Wildman–Crippen LogP) is -0.857. The summed E-state index contributed by atoms with van der Waals surface area (Å²) < 4.78 is 66.7. The third-order valence-corrected chi connectivity index (χ3v) is 0.791. The molecule has 0 rings (SSSR count). The van der Waals surface area contributed by atoms with Crippen LogP contribution in [0.3, 0.4) is 0 Å². The van der Waals surface area contributed by atoms with Crippen molar-refractivity contribution >= 4 is 0 Å². The summed E-state index contributed by atoms with van der Waals surface area (Å²) in [4.78, 5) is 0. The first-order chi connectivity index (χ1) is 4.50. The van der Waals surface area contributed by atoms with Gasteiger partial charge in [-0.05, 0) is 0 Å². The minimum Gasteiger partial charge on any atom is -0.412 e. The molecule has 10 heteroatoms. The molecule has 0 aliphatic heterocycles. The SMILES string of the molecule is O.O.OC(O)(C(F)(F)F)C(F)(F)F. The van der Waals surface area contributed by atoms with Crippen molar-refractivity contribution in [2.45, 2.75) is 18.1 Å². The summed E-state index contributed by atoms with van der Waals surface area (Å²) in [5, 5.41) is 15.0. The lowest BCUT2D eigenvalue weighted by molar-refractivity contribution is -0.445. The highest BCUT2D eigenvalue weighted by Crippen LogP contribution is 2.40. The van der Waals surface area contributed by atoms with Crippen molar-refractivity contribution in [2.24, 2.45) is 0 Å². The van der Waals surface area contributed by atoms with Gasteiger partial charge in [0.1, 0.15) is 0 Å². The van der Waals surface area contributed by atoms with Crippen LogP contribution in [0.2, 0.25) is 0 Å². The summed E-state index contributed by atoms with van der Waals surface area (Å²) in [6.45, 7) is 0. The van der Waals surface area contributed by atoms with E-state index in [1.54, 1.807) is 0 Å². The van der Waals surface area contributed by atoms with Crippen LogP contribution in [-0.2, 0) is 0 Å². The molecule has 0 atom stereocenters. The molecule has 0 amide bonds. The molecule has 0 aliphatic carbocycles. The van der Waals surface area contributed by atoms with E-state index >= 15 is 0 Å². The standard InChI is InChI=1S/C3H2F6O2.2H2O/c4-2(5,6)1(10,11)3(7,8)9;;/h10-11H;2*1H2. The van der Waals surface area contributed by atoms with E-state index in [1.165, 1.54) is 0 Å². The quantitative estimate of drug-likeness (QED) is 0.409. The van der Waals surface area contributed by atoms with Crippen molar-refractivity contribution in [3.63, 3.8) is 0 Å². The van der Waals surface area contributed by atoms with E-state index in [4.69, 9.17) is 10.2 Å². The van der Waals surface area contributed by atoms with Crippen LogP contribution < -0.4 is 0 Å². The summed E-state index contributed by atoms with van der Waals surface area (Å²) in [6.07, 6.45) is -12.3. The van der Waals surface area contributed by atoms with Crippen LogP contribution in [0, 0.1) is 0 Å². The summed E-state index contributed by atoms with van der Waals surface area (Å²) in [6, 6.07) is 0. The Morgan fingerprint density at radius 2 is 0.769 bits per heavy atom. The monoisotopic (exact) mass is 220 g/mol. The van der Waals surface area contributed by atoms with Crippen molar-refractivity contribution in [3.05, 3.63) is 0 Å². The van der Waals surface area contributed by atoms with Crippen LogP contribution >= 0.6 is 0 Å². The normalized spacial score (nSPS) is 12.9. The Hall–Kier alpha value is -0.580. The van der Waals surface area contributed by atoms with Gasteiger partial charge in [0.25, 0.3) is 0 Å². The number of hydrogen-bond donors (Lipinski definition) is 2. The zero-order valence-corrected chi connectivity index (χ0v) is 5.66. The minimum atomic E-state index is -6.13. The Balaban J connectivity index is -0.000000500. The van der Waals surface area contributed by atoms with E-state index in [0.29, 0.717) is 0 Å². The van der Waals surface area contributed by atoms with Crippen LogP contribution in [0.5, 0.6) is 0 Å². The second-order valence-corrected chi connectivity index (χ2v) is 1.67. The number of halogens is 6. The van der Waals surface area contributed by atoms with Crippen LogP contribution in [0.25, 0.3) is 0 Å². The zero-order valence-electron chi connectivity index (χ0n) is 5.66. The lowest BCUT2D eigenvalue weighted by atomic mass is 10.3. The molecule has 0 aromatic carbocycles. The summed E-state index contributed by atoms with van der Waals surface area (Å²) in [5.41, 5.74) is 0. The van der Waals surface area contributed by atoms with Gasteiger partial charge < -0.3 is 21.2 Å². The Labute approximate surface area is 67.0 Å². The summed E-state index contributed by atoms with van der Waals surface area (Å²) in [7, 11) is 0. The van der Waals surface area contributed by atoms with Gasteiger partial charge in [-0.3, -0.25) is 0 Å². The molecule has 0 heterocycles. The molecule has 0 bridgehead atoms. The van der Waals surface area contributed by atoms with Crippen molar-refractivity contribution in [3.8, 4) is 0 Å². The zero-order chi connectivity index (χ0) is 9.50. The second kappa shape index (κ2) is 4.09. The van der Waals surface area contributed by atoms with Crippen molar-refractivity contribution in [1.82, 2.24) is 0 Å². The maximum Gasteiger partial charge on any atom is 0.452 e. The van der Waals surface area contributed by atoms with Crippen molar-refractivity contribution < 1.29 is 47.5 Å². The molecule has 0 aliphatic rings. The molecule has 6 N–H and O–H groups in total. The first-order valence-corrected chi connectivity index (χ1v) is 2.08. The molecule has 13 heavy (non-hydrogen) atoms. The molecule has 0 fully saturated rings. The average Bonchev–Trinajstić information content (AvgIpc) is 1.58. The first kappa shape index (κ1) is 18.3. The number of hydrogen-bond acceptors (Lipinski definition) is 2. The molecule has 0 radical (unpaired) electrons. The highest BCUT2D eigenvalue weighted by Gasteiger charge is 2.70. The first-order valence-electron chi connectivity index (χ1n) is 2.08. The highest BCUT2D eigenvalue weighted by molar-refractivity contribution is 4.81. The fourth-order valence-electron chi connectivity index (χ4n) is 0.161. The van der Waals surface area contributed by atoms with Crippen molar-refractivity contribution in [2.75, 3.05) is 0 Å². The molecule has 0 unspecified atom stereocenters. The number of alkyl halides is 6. The van der Waals surface area contributed by atoms with Gasteiger partial charge in [0, 0.05) is 0 Å². The summed E-state index contributed by atoms with van der Waals surface area (Å²) >= 11 is 0. The van der Waals surface area contributed by atoms with E-state index in [2.05, 4.69) is 0 Å². The van der Waals surface area contributed by atoms with Gasteiger partial charge in [-0.1, -0.05) is 0 Å². The highest BCUT2D eigenvalue weighted by atomic mass is 19.4. The number of aliphatic hydroxyl groups is 2. The van der Waals surface area contributed by atoms with Crippen LogP contribution in [0.4, 0.5) is 26.3 Å². The largest absolute Gasteiger partial charge is 0.452 e. The number of rotatable bonds is 0. The lowest BCUT2D eigenvalue weighted by Gasteiger charge is -2.26. The van der Waals surface area contributed by atoms with E-state index in [0.717, 1.165) is 0 Å². The van der Waals surface area contributed by atoms with Gasteiger partial charge in [-0.2, -0.15) is 26.3 Å². The van der Waals surface area contributed by atoms with Gasteiger partial charge in [0.05, 0.1) is 0 Å². The van der Waals surface area contributed by atoms with Crippen LogP contribution in [0.15, 0.2) is 0 Å². The van der Waals surface area contributed by atoms with E-state index < -0.39 is 18.1 Å². The van der Waals surface area contributed by atoms with Crippen LogP contribution in [-0.4, -0.2) is 39.3 Å². The molecular weight excluding hydrogens is 214 g/mol. The van der Waals surface area contributed by atoms with Gasteiger partial charge in [0.15, 0.2) is 0 Å². The average molecular weight is 220 g/mol. The lowest BCUT2D eigenvalue weighted by Crippen LogP contribution is -2.56. The third-order valence-electron chi connectivity index (χ3n) is 0.791. The maximum atomic E-state index is 11.1. The van der Waals surface area contributed by atoms with Gasteiger partial charge in [-0.15, -0.1) is 0 Å². The molecular formula is C3H6F6O4.